The lowest BCUT2D eigenvalue weighted by Crippen LogP contribution is -1.92. The predicted octanol–water partition coefficient (Wildman–Crippen LogP) is 3.95. The average Bonchev–Trinajstić information content (AvgIpc) is 2.21. The zero-order valence-corrected chi connectivity index (χ0v) is 11.6. The van der Waals surface area contributed by atoms with Crippen molar-refractivity contribution in [1.82, 2.24) is 15.0 Å². The topological polar surface area (TPSA) is 38.7 Å². The van der Waals surface area contributed by atoms with Crippen LogP contribution < -0.4 is 0 Å². The van der Waals surface area contributed by atoms with Gasteiger partial charge < -0.3 is 0 Å². The Morgan fingerprint density at radius 2 is 1.65 bits per heavy atom. The first-order valence-electron chi connectivity index (χ1n) is 4.87. The average molecular weight is 286 g/mol. The minimum absolute atomic E-state index is 0.109. The van der Waals surface area contributed by atoms with Crippen LogP contribution in [-0.2, 0) is 0 Å². The van der Waals surface area contributed by atoms with Gasteiger partial charge >= 0.3 is 0 Å². The molecule has 0 fully saturated rings. The van der Waals surface area contributed by atoms with Crippen LogP contribution in [0.3, 0.4) is 0 Å². The van der Waals surface area contributed by atoms with Gasteiger partial charge in [-0.05, 0) is 60.4 Å². The van der Waals surface area contributed by atoms with Gasteiger partial charge in [-0.2, -0.15) is 15.0 Å². The summed E-state index contributed by atoms with van der Waals surface area (Å²) in [7, 11) is 0. The molecule has 0 saturated heterocycles. The third-order valence-corrected chi connectivity index (χ3v) is 3.47. The highest BCUT2D eigenvalue weighted by atomic mass is 35.5. The molecule has 0 unspecified atom stereocenters. The maximum absolute atomic E-state index is 5.72. The van der Waals surface area contributed by atoms with Gasteiger partial charge in [0.05, 0.1) is 0 Å². The van der Waals surface area contributed by atoms with E-state index in [4.69, 9.17) is 23.2 Å². The molecule has 0 aliphatic heterocycles. The number of aromatic nitrogens is 3. The van der Waals surface area contributed by atoms with Crippen molar-refractivity contribution in [3.05, 3.63) is 39.9 Å². The summed E-state index contributed by atoms with van der Waals surface area (Å²) in [6, 6.07) is 6.17. The van der Waals surface area contributed by atoms with Gasteiger partial charge in [-0.3, -0.25) is 0 Å². The Kier molecular flexibility index (Phi) is 3.86. The van der Waals surface area contributed by atoms with Gasteiger partial charge in [0.1, 0.15) is 0 Å². The minimum atomic E-state index is 0.109. The molecule has 1 aromatic carbocycles. The molecule has 0 spiro atoms. The van der Waals surface area contributed by atoms with Crippen LogP contribution in [0.25, 0.3) is 0 Å². The van der Waals surface area contributed by atoms with Crippen LogP contribution in [0.4, 0.5) is 0 Å². The summed E-state index contributed by atoms with van der Waals surface area (Å²) in [5.41, 5.74) is 2.39. The van der Waals surface area contributed by atoms with Gasteiger partial charge in [0.15, 0.2) is 5.16 Å². The van der Waals surface area contributed by atoms with Crippen molar-refractivity contribution >= 4 is 35.0 Å². The van der Waals surface area contributed by atoms with Crippen molar-refractivity contribution in [2.45, 2.75) is 23.9 Å². The van der Waals surface area contributed by atoms with E-state index in [-0.39, 0.29) is 10.6 Å². The molecule has 17 heavy (non-hydrogen) atoms. The Hall–Kier alpha value is -0.840. The summed E-state index contributed by atoms with van der Waals surface area (Å²) in [5.74, 6) is 0. The lowest BCUT2D eigenvalue weighted by Gasteiger charge is -2.05. The van der Waals surface area contributed by atoms with E-state index in [1.807, 2.05) is 19.1 Å². The van der Waals surface area contributed by atoms with Gasteiger partial charge in [0.25, 0.3) is 0 Å². The normalized spacial score (nSPS) is 10.6. The largest absolute Gasteiger partial charge is 0.227 e. The summed E-state index contributed by atoms with van der Waals surface area (Å²) in [6.07, 6.45) is 0. The van der Waals surface area contributed by atoms with Crippen LogP contribution in [-0.4, -0.2) is 15.0 Å². The fourth-order valence-electron chi connectivity index (χ4n) is 1.37. The number of rotatable bonds is 2. The van der Waals surface area contributed by atoms with E-state index in [1.165, 1.54) is 22.9 Å². The smallest absolute Gasteiger partial charge is 0.191 e. The first-order valence-corrected chi connectivity index (χ1v) is 6.44. The Balaban J connectivity index is 2.31. The second-order valence-electron chi connectivity index (χ2n) is 3.53. The van der Waals surface area contributed by atoms with E-state index < -0.39 is 0 Å². The quantitative estimate of drug-likeness (QED) is 0.838. The molecule has 2 aromatic rings. The van der Waals surface area contributed by atoms with Gasteiger partial charge in [0, 0.05) is 4.90 Å². The first-order chi connectivity index (χ1) is 8.04. The van der Waals surface area contributed by atoms with Gasteiger partial charge in [-0.15, -0.1) is 0 Å². The number of hydrogen-bond donors (Lipinski definition) is 0. The summed E-state index contributed by atoms with van der Waals surface area (Å²) in [4.78, 5) is 12.8. The third-order valence-electron chi connectivity index (χ3n) is 2.09. The molecule has 0 atom stereocenters. The Morgan fingerprint density at radius 3 is 2.24 bits per heavy atom. The summed E-state index contributed by atoms with van der Waals surface area (Å²) in [6.45, 7) is 4.10. The number of hydrogen-bond acceptors (Lipinski definition) is 4. The Bertz CT molecular complexity index is 540. The SMILES string of the molecule is Cc1ccc(Sc2nc(Cl)nc(Cl)n2)c(C)c1. The number of aryl methyl sites for hydroxylation is 2. The maximum Gasteiger partial charge on any atom is 0.227 e. The highest BCUT2D eigenvalue weighted by Crippen LogP contribution is 2.29. The Labute approximate surface area is 114 Å². The van der Waals surface area contributed by atoms with E-state index in [0.29, 0.717) is 5.16 Å². The second kappa shape index (κ2) is 5.21. The maximum atomic E-state index is 5.72. The lowest BCUT2D eigenvalue weighted by atomic mass is 10.2. The molecule has 2 rings (SSSR count). The van der Waals surface area contributed by atoms with Crippen molar-refractivity contribution < 1.29 is 0 Å². The van der Waals surface area contributed by atoms with Gasteiger partial charge in [-0.1, -0.05) is 17.7 Å². The molecule has 1 aromatic heterocycles. The molecule has 1 heterocycles. The van der Waals surface area contributed by atoms with Crippen LogP contribution in [0, 0.1) is 13.8 Å². The number of nitrogens with zero attached hydrogens (tertiary/aromatic N) is 3. The van der Waals surface area contributed by atoms with Crippen molar-refractivity contribution in [2.24, 2.45) is 0 Å². The molecule has 0 aliphatic carbocycles. The van der Waals surface area contributed by atoms with Crippen molar-refractivity contribution in [1.29, 1.82) is 0 Å². The van der Waals surface area contributed by atoms with Crippen LogP contribution in [0.2, 0.25) is 10.6 Å². The number of benzene rings is 1. The summed E-state index contributed by atoms with van der Waals surface area (Å²) < 4.78 is 0. The molecule has 3 nitrogen and oxygen atoms in total. The highest BCUT2D eigenvalue weighted by Gasteiger charge is 2.07. The molecule has 0 N–H and O–H groups in total. The van der Waals surface area contributed by atoms with E-state index in [9.17, 15) is 0 Å². The second-order valence-corrected chi connectivity index (χ2v) is 5.21. The minimum Gasteiger partial charge on any atom is -0.191 e. The van der Waals surface area contributed by atoms with E-state index in [1.54, 1.807) is 0 Å². The zero-order valence-electron chi connectivity index (χ0n) is 9.24. The van der Waals surface area contributed by atoms with Crippen molar-refractivity contribution in [3.63, 3.8) is 0 Å². The third kappa shape index (κ3) is 3.31. The lowest BCUT2D eigenvalue weighted by molar-refractivity contribution is 0.903. The van der Waals surface area contributed by atoms with Crippen LogP contribution in [0.5, 0.6) is 0 Å². The van der Waals surface area contributed by atoms with Crippen LogP contribution in [0.15, 0.2) is 28.3 Å². The van der Waals surface area contributed by atoms with E-state index in [2.05, 4.69) is 27.9 Å². The van der Waals surface area contributed by atoms with Crippen molar-refractivity contribution in [3.8, 4) is 0 Å². The molecule has 0 aliphatic rings. The van der Waals surface area contributed by atoms with E-state index >= 15 is 0 Å². The predicted molar refractivity (Wildman–Crippen MR) is 69.9 cm³/mol. The highest BCUT2D eigenvalue weighted by molar-refractivity contribution is 7.99. The van der Waals surface area contributed by atoms with Gasteiger partial charge in [0.2, 0.25) is 10.6 Å². The molecular formula is C11H9Cl2N3S. The van der Waals surface area contributed by atoms with Crippen molar-refractivity contribution in [2.75, 3.05) is 0 Å². The molecule has 0 bridgehead atoms. The fraction of sp³-hybridized carbons (Fsp3) is 0.182. The molecule has 0 amide bonds. The standard InChI is InChI=1S/C11H9Cl2N3S/c1-6-3-4-8(7(2)5-6)17-11-15-9(12)14-10(13)16-11/h3-5H,1-2H3. The van der Waals surface area contributed by atoms with Crippen LogP contribution in [0.1, 0.15) is 11.1 Å². The molecule has 6 heteroatoms. The monoisotopic (exact) mass is 285 g/mol. The molecular weight excluding hydrogens is 277 g/mol. The van der Waals surface area contributed by atoms with Gasteiger partial charge in [-0.25, -0.2) is 0 Å². The van der Waals surface area contributed by atoms with E-state index in [0.717, 1.165) is 4.90 Å². The first kappa shape index (κ1) is 12.6. The molecule has 88 valence electrons. The number of halogens is 2. The molecule has 0 radical (unpaired) electrons. The summed E-state index contributed by atoms with van der Waals surface area (Å²) in [5, 5.41) is 0.719. The van der Waals surface area contributed by atoms with Crippen LogP contribution >= 0.6 is 35.0 Å². The summed E-state index contributed by atoms with van der Waals surface area (Å²) >= 11 is 12.9. The Morgan fingerprint density at radius 1 is 1.00 bits per heavy atom. The molecule has 0 saturated carbocycles. The zero-order chi connectivity index (χ0) is 12.4. The fourth-order valence-corrected chi connectivity index (χ4v) is 2.65.